The Labute approximate surface area is 81.1 Å². The summed E-state index contributed by atoms with van der Waals surface area (Å²) in [5.41, 5.74) is 0. The van der Waals surface area contributed by atoms with Crippen LogP contribution >= 0.6 is 0 Å². The Bertz CT molecular complexity index is 161. The Kier molecular flexibility index (Phi) is 4.43. The van der Waals surface area contributed by atoms with E-state index in [-0.39, 0.29) is 5.92 Å². The van der Waals surface area contributed by atoms with E-state index in [0.29, 0.717) is 11.7 Å². The van der Waals surface area contributed by atoms with Gasteiger partial charge in [0.05, 0.1) is 0 Å². The molecule has 2 nitrogen and oxygen atoms in total. The zero-order valence-electron chi connectivity index (χ0n) is 8.81. The first-order valence-corrected chi connectivity index (χ1v) is 5.47. The van der Waals surface area contributed by atoms with Gasteiger partial charge in [-0.05, 0) is 31.8 Å². The highest BCUT2D eigenvalue weighted by Gasteiger charge is 2.20. The van der Waals surface area contributed by atoms with E-state index < -0.39 is 0 Å². The van der Waals surface area contributed by atoms with Crippen LogP contribution in [0.2, 0.25) is 0 Å². The zero-order valence-corrected chi connectivity index (χ0v) is 8.81. The van der Waals surface area contributed by atoms with Crippen LogP contribution in [-0.2, 0) is 4.79 Å². The van der Waals surface area contributed by atoms with Crippen molar-refractivity contribution in [1.29, 1.82) is 0 Å². The van der Waals surface area contributed by atoms with Crippen LogP contribution in [0.15, 0.2) is 0 Å². The molecule has 0 aromatic rings. The summed E-state index contributed by atoms with van der Waals surface area (Å²) in [5.74, 6) is 1.37. The van der Waals surface area contributed by atoms with Crippen molar-refractivity contribution >= 4 is 5.78 Å². The van der Waals surface area contributed by atoms with Gasteiger partial charge in [-0.1, -0.05) is 20.3 Å². The van der Waals surface area contributed by atoms with Gasteiger partial charge < -0.3 is 5.32 Å². The predicted molar refractivity (Wildman–Crippen MR) is 54.7 cm³/mol. The Hall–Kier alpha value is -0.370. The number of rotatable bonds is 5. The fraction of sp³-hybridized carbons (Fsp3) is 0.909. The van der Waals surface area contributed by atoms with Crippen LogP contribution in [-0.4, -0.2) is 18.9 Å². The van der Waals surface area contributed by atoms with Crippen LogP contribution in [0.5, 0.6) is 0 Å². The lowest BCUT2D eigenvalue weighted by molar-refractivity contribution is -0.123. The topological polar surface area (TPSA) is 29.1 Å². The van der Waals surface area contributed by atoms with E-state index in [1.807, 2.05) is 0 Å². The number of hydrogen-bond acceptors (Lipinski definition) is 2. The molecular formula is C11H21NO. The van der Waals surface area contributed by atoms with Crippen LogP contribution in [0.1, 0.15) is 39.5 Å². The van der Waals surface area contributed by atoms with E-state index in [9.17, 15) is 4.79 Å². The molecule has 2 unspecified atom stereocenters. The van der Waals surface area contributed by atoms with Gasteiger partial charge in [-0.15, -0.1) is 0 Å². The average Bonchev–Trinajstić information content (AvgIpc) is 2.57. The molecule has 2 atom stereocenters. The lowest BCUT2D eigenvalue weighted by atomic mass is 9.92. The molecule has 0 aromatic heterocycles. The van der Waals surface area contributed by atoms with Crippen molar-refractivity contribution in [2.75, 3.05) is 13.1 Å². The van der Waals surface area contributed by atoms with E-state index >= 15 is 0 Å². The fourth-order valence-corrected chi connectivity index (χ4v) is 1.97. The normalized spacial score (nSPS) is 24.6. The lowest BCUT2D eigenvalue weighted by Crippen LogP contribution is -2.17. The van der Waals surface area contributed by atoms with Gasteiger partial charge >= 0.3 is 0 Å². The fourth-order valence-electron chi connectivity index (χ4n) is 1.97. The molecule has 13 heavy (non-hydrogen) atoms. The van der Waals surface area contributed by atoms with Crippen molar-refractivity contribution in [3.8, 4) is 0 Å². The monoisotopic (exact) mass is 183 g/mol. The minimum atomic E-state index is 0.283. The molecule has 0 radical (unpaired) electrons. The summed E-state index contributed by atoms with van der Waals surface area (Å²) in [5, 5.41) is 3.30. The zero-order chi connectivity index (χ0) is 9.68. The van der Waals surface area contributed by atoms with Gasteiger partial charge in [0.1, 0.15) is 5.78 Å². The molecule has 0 aromatic carbocycles. The molecule has 0 saturated carbocycles. The van der Waals surface area contributed by atoms with Crippen molar-refractivity contribution < 1.29 is 4.79 Å². The summed E-state index contributed by atoms with van der Waals surface area (Å²) >= 11 is 0. The van der Waals surface area contributed by atoms with Crippen molar-refractivity contribution in [3.63, 3.8) is 0 Å². The van der Waals surface area contributed by atoms with E-state index in [1.54, 1.807) is 0 Å². The SMILES string of the molecule is CCCC(C)C(=O)CC1CCNC1. The van der Waals surface area contributed by atoms with Crippen LogP contribution in [0.4, 0.5) is 0 Å². The summed E-state index contributed by atoms with van der Waals surface area (Å²) in [7, 11) is 0. The summed E-state index contributed by atoms with van der Waals surface area (Å²) < 4.78 is 0. The largest absolute Gasteiger partial charge is 0.316 e. The number of nitrogens with one attached hydrogen (secondary N) is 1. The van der Waals surface area contributed by atoms with Crippen molar-refractivity contribution in [3.05, 3.63) is 0 Å². The third kappa shape index (κ3) is 3.47. The summed E-state index contributed by atoms with van der Waals surface area (Å²) in [6.45, 7) is 6.35. The predicted octanol–water partition coefficient (Wildman–Crippen LogP) is 1.99. The first-order valence-electron chi connectivity index (χ1n) is 5.47. The van der Waals surface area contributed by atoms with Gasteiger partial charge in [0, 0.05) is 12.3 Å². The number of carbonyl (C=O) groups is 1. The van der Waals surface area contributed by atoms with Crippen molar-refractivity contribution in [2.24, 2.45) is 11.8 Å². The Balaban J connectivity index is 2.22. The van der Waals surface area contributed by atoms with Crippen molar-refractivity contribution in [1.82, 2.24) is 5.32 Å². The minimum absolute atomic E-state index is 0.283. The second-order valence-corrected chi connectivity index (χ2v) is 4.22. The summed E-state index contributed by atoms with van der Waals surface area (Å²) in [6, 6.07) is 0. The van der Waals surface area contributed by atoms with Gasteiger partial charge in [-0.2, -0.15) is 0 Å². The molecule has 0 spiro atoms. The highest BCUT2D eigenvalue weighted by molar-refractivity contribution is 5.80. The van der Waals surface area contributed by atoms with Crippen LogP contribution in [0.3, 0.4) is 0 Å². The third-order valence-corrected chi connectivity index (χ3v) is 2.92. The maximum atomic E-state index is 11.7. The molecule has 1 heterocycles. The second-order valence-electron chi connectivity index (χ2n) is 4.22. The van der Waals surface area contributed by atoms with E-state index in [2.05, 4.69) is 19.2 Å². The molecule has 1 aliphatic rings. The average molecular weight is 183 g/mol. The molecule has 1 aliphatic heterocycles. The third-order valence-electron chi connectivity index (χ3n) is 2.92. The molecule has 1 fully saturated rings. The van der Waals surface area contributed by atoms with Gasteiger partial charge in [-0.25, -0.2) is 0 Å². The number of carbonyl (C=O) groups excluding carboxylic acids is 1. The molecule has 1 rings (SSSR count). The molecule has 76 valence electrons. The summed E-state index contributed by atoms with van der Waals surface area (Å²) in [4.78, 5) is 11.7. The molecule has 0 amide bonds. The van der Waals surface area contributed by atoms with E-state index in [0.717, 1.165) is 32.4 Å². The van der Waals surface area contributed by atoms with Gasteiger partial charge in [-0.3, -0.25) is 4.79 Å². The maximum absolute atomic E-state index is 11.7. The van der Waals surface area contributed by atoms with Crippen LogP contribution in [0.25, 0.3) is 0 Å². The molecular weight excluding hydrogens is 162 g/mol. The Morgan fingerprint density at radius 2 is 2.38 bits per heavy atom. The lowest BCUT2D eigenvalue weighted by Gasteiger charge is -2.12. The molecule has 1 N–H and O–H groups in total. The number of Topliss-reactive ketones (excluding diaryl/α,β-unsaturated/α-hetero) is 1. The van der Waals surface area contributed by atoms with Crippen molar-refractivity contribution in [2.45, 2.75) is 39.5 Å². The quantitative estimate of drug-likeness (QED) is 0.706. The number of hydrogen-bond donors (Lipinski definition) is 1. The van der Waals surface area contributed by atoms with Crippen LogP contribution in [0, 0.1) is 11.8 Å². The van der Waals surface area contributed by atoms with Crippen LogP contribution < -0.4 is 5.32 Å². The molecule has 1 saturated heterocycles. The smallest absolute Gasteiger partial charge is 0.136 e. The minimum Gasteiger partial charge on any atom is -0.316 e. The van der Waals surface area contributed by atoms with Gasteiger partial charge in [0.2, 0.25) is 0 Å². The highest BCUT2D eigenvalue weighted by atomic mass is 16.1. The first kappa shape index (κ1) is 10.7. The maximum Gasteiger partial charge on any atom is 0.136 e. The highest BCUT2D eigenvalue weighted by Crippen LogP contribution is 2.17. The Morgan fingerprint density at radius 3 is 2.92 bits per heavy atom. The van der Waals surface area contributed by atoms with Gasteiger partial charge in [0.25, 0.3) is 0 Å². The van der Waals surface area contributed by atoms with E-state index in [4.69, 9.17) is 0 Å². The molecule has 0 bridgehead atoms. The second kappa shape index (κ2) is 5.38. The Morgan fingerprint density at radius 1 is 1.62 bits per heavy atom. The molecule has 2 heteroatoms. The molecule has 0 aliphatic carbocycles. The first-order chi connectivity index (χ1) is 6.24. The standard InChI is InChI=1S/C11H21NO/c1-3-4-9(2)11(13)7-10-5-6-12-8-10/h9-10,12H,3-8H2,1-2H3. The number of ketones is 1. The van der Waals surface area contributed by atoms with Gasteiger partial charge in [0.15, 0.2) is 0 Å². The summed E-state index contributed by atoms with van der Waals surface area (Å²) in [6.07, 6.45) is 4.16. The van der Waals surface area contributed by atoms with E-state index in [1.165, 1.54) is 6.42 Å².